The molecule has 0 bridgehead atoms. The molecular weight excluding hydrogens is 417 g/mol. The predicted octanol–water partition coefficient (Wildman–Crippen LogP) is 6.36. The second-order valence-electron chi connectivity index (χ2n) is 8.58. The molecule has 30 heavy (non-hydrogen) atoms. The standard InChI is InChI=1S/C25H25Cl2NO2/c1-25(13-14-29)16-22(18-5-4-6-20(27)15-18)23(17-9-11-19(26)12-10-17)28(24(25)30)21-7-2-3-8-21/h2,4-7,9-12,14-15,21-23H,3,8,13,16H2,1H3/t21?,22-,23-,25?/m1/s1. The van der Waals surface area contributed by atoms with E-state index in [0.29, 0.717) is 16.5 Å². The second kappa shape index (κ2) is 8.56. The zero-order valence-electron chi connectivity index (χ0n) is 16.9. The molecule has 2 aliphatic rings. The third kappa shape index (κ3) is 3.93. The molecule has 1 aliphatic heterocycles. The van der Waals surface area contributed by atoms with Crippen LogP contribution in [0.5, 0.6) is 0 Å². The summed E-state index contributed by atoms with van der Waals surface area (Å²) in [6.45, 7) is 1.92. The summed E-state index contributed by atoms with van der Waals surface area (Å²) >= 11 is 12.5. The molecule has 3 nitrogen and oxygen atoms in total. The summed E-state index contributed by atoms with van der Waals surface area (Å²) < 4.78 is 0. The first-order valence-electron chi connectivity index (χ1n) is 10.4. The lowest BCUT2D eigenvalue weighted by Crippen LogP contribution is -2.55. The van der Waals surface area contributed by atoms with Crippen molar-refractivity contribution in [3.05, 3.63) is 81.9 Å². The van der Waals surface area contributed by atoms with Crippen LogP contribution in [0.4, 0.5) is 0 Å². The molecule has 2 aromatic rings. The number of nitrogens with zero attached hydrogens (tertiary/aromatic N) is 1. The Labute approximate surface area is 187 Å². The lowest BCUT2D eigenvalue weighted by molar-refractivity contribution is -0.154. The summed E-state index contributed by atoms with van der Waals surface area (Å²) in [4.78, 5) is 27.3. The van der Waals surface area contributed by atoms with Crippen LogP contribution in [0.1, 0.15) is 55.7 Å². The number of amides is 1. The fourth-order valence-electron chi connectivity index (χ4n) is 4.97. The molecule has 2 unspecified atom stereocenters. The smallest absolute Gasteiger partial charge is 0.229 e. The molecule has 0 spiro atoms. The molecule has 1 saturated heterocycles. The Balaban J connectivity index is 1.88. The molecule has 1 amide bonds. The Morgan fingerprint density at radius 1 is 1.10 bits per heavy atom. The van der Waals surface area contributed by atoms with E-state index in [1.54, 1.807) is 0 Å². The van der Waals surface area contributed by atoms with E-state index >= 15 is 0 Å². The average molecular weight is 442 g/mol. The van der Waals surface area contributed by atoms with Crippen molar-refractivity contribution in [1.82, 2.24) is 4.90 Å². The van der Waals surface area contributed by atoms with E-state index in [0.717, 1.165) is 30.3 Å². The van der Waals surface area contributed by atoms with Gasteiger partial charge in [0.15, 0.2) is 0 Å². The van der Waals surface area contributed by atoms with Crippen molar-refractivity contribution in [1.29, 1.82) is 0 Å². The lowest BCUT2D eigenvalue weighted by Gasteiger charge is -2.51. The van der Waals surface area contributed by atoms with Gasteiger partial charge >= 0.3 is 0 Å². The van der Waals surface area contributed by atoms with E-state index in [1.165, 1.54) is 0 Å². The molecule has 0 aromatic heterocycles. The molecule has 0 radical (unpaired) electrons. The third-order valence-electron chi connectivity index (χ3n) is 6.47. The van der Waals surface area contributed by atoms with Crippen LogP contribution in [0.2, 0.25) is 10.0 Å². The van der Waals surface area contributed by atoms with E-state index in [2.05, 4.69) is 18.2 Å². The quantitative estimate of drug-likeness (QED) is 0.399. The Kier molecular flexibility index (Phi) is 6.04. The van der Waals surface area contributed by atoms with Crippen molar-refractivity contribution in [2.45, 2.75) is 50.6 Å². The molecule has 1 fully saturated rings. The van der Waals surface area contributed by atoms with E-state index in [9.17, 15) is 9.59 Å². The van der Waals surface area contributed by atoms with Gasteiger partial charge in [0.2, 0.25) is 5.91 Å². The average Bonchev–Trinajstić information content (AvgIpc) is 3.25. The maximum absolute atomic E-state index is 13.8. The lowest BCUT2D eigenvalue weighted by atomic mass is 9.67. The predicted molar refractivity (Wildman–Crippen MR) is 121 cm³/mol. The minimum atomic E-state index is -0.742. The van der Waals surface area contributed by atoms with Crippen molar-refractivity contribution in [2.24, 2.45) is 5.41 Å². The van der Waals surface area contributed by atoms with Crippen molar-refractivity contribution < 1.29 is 9.59 Å². The highest BCUT2D eigenvalue weighted by Gasteiger charge is 2.51. The number of aldehydes is 1. The van der Waals surface area contributed by atoms with E-state index in [4.69, 9.17) is 23.2 Å². The van der Waals surface area contributed by atoms with Gasteiger partial charge in [0.1, 0.15) is 6.29 Å². The SMILES string of the molecule is CC1(CC=O)C[C@H](c2cccc(Cl)c2)[C@@H](c2ccc(Cl)cc2)N(C2C=CCC2)C1=O. The highest BCUT2D eigenvalue weighted by molar-refractivity contribution is 6.30. The van der Waals surface area contributed by atoms with Crippen LogP contribution >= 0.6 is 23.2 Å². The number of benzene rings is 2. The number of halogens is 2. The molecule has 1 heterocycles. The number of likely N-dealkylation sites (tertiary alicyclic amines) is 1. The van der Waals surface area contributed by atoms with Crippen LogP contribution in [-0.2, 0) is 9.59 Å². The van der Waals surface area contributed by atoms with Gasteiger partial charge in [0.25, 0.3) is 0 Å². The molecule has 1 aliphatic carbocycles. The van der Waals surface area contributed by atoms with Crippen LogP contribution in [0.3, 0.4) is 0 Å². The summed E-state index contributed by atoms with van der Waals surface area (Å²) in [7, 11) is 0. The zero-order chi connectivity index (χ0) is 21.3. The van der Waals surface area contributed by atoms with Gasteiger partial charge in [-0.1, -0.05) is 66.5 Å². The number of hydrogen-bond acceptors (Lipinski definition) is 2. The number of allylic oxidation sites excluding steroid dienone is 1. The molecule has 4 rings (SSSR count). The van der Waals surface area contributed by atoms with Crippen molar-refractivity contribution in [3.63, 3.8) is 0 Å². The fraction of sp³-hybridized carbons (Fsp3) is 0.360. The van der Waals surface area contributed by atoms with E-state index in [-0.39, 0.29) is 30.3 Å². The highest BCUT2D eigenvalue weighted by Crippen LogP contribution is 2.52. The maximum atomic E-state index is 13.8. The topological polar surface area (TPSA) is 37.4 Å². The normalized spacial score (nSPS) is 28.7. The first kappa shape index (κ1) is 21.1. The highest BCUT2D eigenvalue weighted by atomic mass is 35.5. The molecule has 5 heteroatoms. The minimum Gasteiger partial charge on any atom is -0.328 e. The first-order valence-corrected chi connectivity index (χ1v) is 11.1. The van der Waals surface area contributed by atoms with Crippen molar-refractivity contribution in [3.8, 4) is 0 Å². The van der Waals surface area contributed by atoms with Gasteiger partial charge in [-0.25, -0.2) is 0 Å². The van der Waals surface area contributed by atoms with Gasteiger partial charge in [0, 0.05) is 22.4 Å². The monoisotopic (exact) mass is 441 g/mol. The minimum absolute atomic E-state index is 0.0153. The molecule has 4 atom stereocenters. The van der Waals surface area contributed by atoms with E-state index < -0.39 is 5.41 Å². The zero-order valence-corrected chi connectivity index (χ0v) is 18.4. The van der Waals surface area contributed by atoms with Gasteiger partial charge in [-0.15, -0.1) is 0 Å². The first-order chi connectivity index (χ1) is 14.4. The Hall–Kier alpha value is -2.10. The van der Waals surface area contributed by atoms with Gasteiger partial charge in [-0.2, -0.15) is 0 Å². The van der Waals surface area contributed by atoms with Gasteiger partial charge < -0.3 is 9.69 Å². The summed E-state index contributed by atoms with van der Waals surface area (Å²) in [5, 5.41) is 1.34. The Morgan fingerprint density at radius 2 is 1.87 bits per heavy atom. The molecule has 0 saturated carbocycles. The van der Waals surface area contributed by atoms with Crippen LogP contribution in [0.25, 0.3) is 0 Å². The number of rotatable bonds is 5. The number of piperidine rings is 1. The summed E-state index contributed by atoms with van der Waals surface area (Å²) in [5.74, 6) is 0.0610. The number of hydrogen-bond donors (Lipinski definition) is 0. The van der Waals surface area contributed by atoms with Crippen LogP contribution < -0.4 is 0 Å². The molecule has 2 aromatic carbocycles. The van der Waals surface area contributed by atoms with Crippen molar-refractivity contribution in [2.75, 3.05) is 0 Å². The van der Waals surface area contributed by atoms with Gasteiger partial charge in [0.05, 0.1) is 17.5 Å². The number of carbonyl (C=O) groups is 2. The summed E-state index contributed by atoms with van der Waals surface area (Å²) in [6.07, 6.45) is 7.79. The molecule has 0 N–H and O–H groups in total. The Bertz CT molecular complexity index is 971. The third-order valence-corrected chi connectivity index (χ3v) is 6.96. The molecule has 156 valence electrons. The van der Waals surface area contributed by atoms with Gasteiger partial charge in [-0.3, -0.25) is 4.79 Å². The van der Waals surface area contributed by atoms with Crippen LogP contribution in [0, 0.1) is 5.41 Å². The van der Waals surface area contributed by atoms with Crippen molar-refractivity contribution >= 4 is 35.4 Å². The maximum Gasteiger partial charge on any atom is 0.229 e. The van der Waals surface area contributed by atoms with Crippen LogP contribution in [-0.4, -0.2) is 23.1 Å². The number of carbonyl (C=O) groups excluding carboxylic acids is 2. The Morgan fingerprint density at radius 3 is 2.50 bits per heavy atom. The second-order valence-corrected chi connectivity index (χ2v) is 9.45. The van der Waals surface area contributed by atoms with Gasteiger partial charge in [-0.05, 0) is 54.7 Å². The fourth-order valence-corrected chi connectivity index (χ4v) is 5.29. The van der Waals surface area contributed by atoms with E-state index in [1.807, 2.05) is 54.3 Å². The van der Waals surface area contributed by atoms with Crippen LogP contribution in [0.15, 0.2) is 60.7 Å². The molecular formula is C25H25Cl2NO2. The summed E-state index contributed by atoms with van der Waals surface area (Å²) in [6, 6.07) is 15.5. The largest absolute Gasteiger partial charge is 0.328 e. The summed E-state index contributed by atoms with van der Waals surface area (Å²) in [5.41, 5.74) is 1.39.